The number of benzene rings is 1. The van der Waals surface area contributed by atoms with E-state index in [1.807, 2.05) is 0 Å². The summed E-state index contributed by atoms with van der Waals surface area (Å²) >= 11 is -3.18. The quantitative estimate of drug-likeness (QED) is 0.299. The zero-order valence-electron chi connectivity index (χ0n) is 18.7. The van der Waals surface area contributed by atoms with E-state index in [0.717, 1.165) is 55.4 Å². The van der Waals surface area contributed by atoms with Gasteiger partial charge in [-0.1, -0.05) is 0 Å². The van der Waals surface area contributed by atoms with Crippen molar-refractivity contribution in [3.63, 3.8) is 0 Å². The van der Waals surface area contributed by atoms with E-state index in [0.29, 0.717) is 5.75 Å². The Balaban J connectivity index is 2.62. The van der Waals surface area contributed by atoms with Gasteiger partial charge in [-0.2, -0.15) is 0 Å². The van der Waals surface area contributed by atoms with Gasteiger partial charge in [-0.15, -0.1) is 0 Å². The van der Waals surface area contributed by atoms with Gasteiger partial charge in [0.15, 0.2) is 0 Å². The molecule has 2 N–H and O–H groups in total. The van der Waals surface area contributed by atoms with Crippen molar-refractivity contribution < 1.29 is 22.7 Å². The van der Waals surface area contributed by atoms with Crippen LogP contribution in [0.15, 0.2) is 28.4 Å². The van der Waals surface area contributed by atoms with E-state index < -0.39 is 36.1 Å². The molecule has 0 saturated heterocycles. The molecule has 31 heavy (non-hydrogen) atoms. The molecule has 2 rings (SSSR count). The molecule has 1 amide bonds. The van der Waals surface area contributed by atoms with E-state index in [4.69, 9.17) is 10.5 Å². The van der Waals surface area contributed by atoms with E-state index >= 15 is 0 Å². The number of hydrogen-bond acceptors (Lipinski definition) is 4. The van der Waals surface area contributed by atoms with Crippen LogP contribution in [-0.2, 0) is 10.5 Å². The van der Waals surface area contributed by atoms with E-state index in [-0.39, 0.29) is 12.2 Å². The molecule has 0 fully saturated rings. The van der Waals surface area contributed by atoms with Crippen LogP contribution in [0.2, 0.25) is 13.3 Å². The predicted octanol–water partition coefficient (Wildman–Crippen LogP) is 5.79. The fourth-order valence-electron chi connectivity index (χ4n) is 4.20. The summed E-state index contributed by atoms with van der Waals surface area (Å²) < 4.78 is 51.0. The number of ether oxygens (including phenoxy) is 1. The molecule has 0 aliphatic carbocycles. The van der Waals surface area contributed by atoms with Crippen molar-refractivity contribution in [3.05, 3.63) is 23.8 Å². The van der Waals surface area contributed by atoms with Crippen LogP contribution < -0.4 is 14.0 Å². The Kier molecular flexibility index (Phi) is 9.21. The molecule has 0 radical (unpaired) electrons. The first-order valence-electron chi connectivity index (χ1n) is 11.2. The Morgan fingerprint density at radius 1 is 1.03 bits per heavy atom. The van der Waals surface area contributed by atoms with Gasteiger partial charge in [0, 0.05) is 0 Å². The van der Waals surface area contributed by atoms with Crippen LogP contribution in [-0.4, -0.2) is 37.1 Å². The number of primary amides is 1. The average molecular weight is 548 g/mol. The van der Waals surface area contributed by atoms with E-state index in [2.05, 4.69) is 31.0 Å². The van der Waals surface area contributed by atoms with Gasteiger partial charge in [-0.25, -0.2) is 0 Å². The summed E-state index contributed by atoms with van der Waals surface area (Å²) in [6, 6.07) is 4.60. The molecule has 1 aromatic carbocycles. The third-order valence-electron chi connectivity index (χ3n) is 6.05. The third-order valence-corrected chi connectivity index (χ3v) is 21.6. The zero-order chi connectivity index (χ0) is 23.1. The summed E-state index contributed by atoms with van der Waals surface area (Å²) in [4.78, 5) is 11.4. The number of nitrogens with zero attached hydrogens (tertiary/aromatic N) is 2. The molecule has 1 aliphatic heterocycles. The second-order valence-corrected chi connectivity index (χ2v) is 21.6. The molecule has 0 saturated carbocycles. The topological polar surface area (TPSA) is 77.0 Å². The fourth-order valence-corrected chi connectivity index (χ4v) is 20.7. The second kappa shape index (κ2) is 11.0. The van der Waals surface area contributed by atoms with E-state index in [9.17, 15) is 18.0 Å². The van der Waals surface area contributed by atoms with Crippen molar-refractivity contribution >= 4 is 27.9 Å². The first-order valence-corrected chi connectivity index (χ1v) is 18.7. The zero-order valence-corrected chi connectivity index (χ0v) is 21.6. The van der Waals surface area contributed by atoms with Crippen LogP contribution in [0.3, 0.4) is 0 Å². The van der Waals surface area contributed by atoms with Gasteiger partial charge in [0.2, 0.25) is 0 Å². The Labute approximate surface area is 186 Å². The molecular weight excluding hydrogens is 514 g/mol. The molecule has 0 atom stereocenters. The van der Waals surface area contributed by atoms with Gasteiger partial charge < -0.3 is 0 Å². The molecular formula is C22H34F3N3O2Sn. The van der Waals surface area contributed by atoms with Gasteiger partial charge in [0.1, 0.15) is 0 Å². The number of unbranched alkanes of at least 4 members (excludes halogenated alkanes) is 3. The summed E-state index contributed by atoms with van der Waals surface area (Å²) in [5.74, 6) is -0.0925. The van der Waals surface area contributed by atoms with Gasteiger partial charge in [-0.05, 0) is 0 Å². The monoisotopic (exact) mass is 549 g/mol. The van der Waals surface area contributed by atoms with Crippen LogP contribution in [0.1, 0.15) is 64.9 Å². The number of carbonyl (C=O) groups is 1. The average Bonchev–Trinajstić information content (AvgIpc) is 3.54. The first-order chi connectivity index (χ1) is 14.7. The van der Waals surface area contributed by atoms with Crippen molar-refractivity contribution in [1.82, 2.24) is 0 Å². The first kappa shape index (κ1) is 25.9. The molecule has 0 unspecified atom stereocenters. The molecule has 1 heterocycles. The molecule has 1 aromatic rings. The van der Waals surface area contributed by atoms with Gasteiger partial charge in [-0.3, -0.25) is 0 Å². The third kappa shape index (κ3) is 6.14. The number of halogens is 3. The number of carbonyl (C=O) groups excluding carboxylic acids is 1. The number of amides is 1. The van der Waals surface area contributed by atoms with Crippen LogP contribution in [0.25, 0.3) is 0 Å². The van der Waals surface area contributed by atoms with Crippen LogP contribution >= 0.6 is 0 Å². The molecule has 9 heteroatoms. The van der Waals surface area contributed by atoms with Crippen molar-refractivity contribution in [2.24, 2.45) is 16.0 Å². The van der Waals surface area contributed by atoms with Crippen molar-refractivity contribution in [3.8, 4) is 5.75 Å². The standard InChI is InChI=1S/C10H7F3N3O2.3C4H9.Sn/c11-10(12,13)9(15-16-9)6-1-3-7(4-2-6)18-5-8(14)17;3*1-3-4-2;/h1-3H,5H2,(H2,14,17);3*1,3-4H2,2H3;. The maximum atomic E-state index is 13.7. The molecule has 174 valence electrons. The molecule has 0 bridgehead atoms. The summed E-state index contributed by atoms with van der Waals surface area (Å²) in [6.45, 7) is 6.12. The summed E-state index contributed by atoms with van der Waals surface area (Å²) in [7, 11) is 0. The molecule has 0 spiro atoms. The normalized spacial score (nSPS) is 15.2. The minimum atomic E-state index is -4.58. The van der Waals surface area contributed by atoms with Crippen LogP contribution in [0.4, 0.5) is 13.2 Å². The van der Waals surface area contributed by atoms with Crippen LogP contribution in [0.5, 0.6) is 5.75 Å². The maximum absolute atomic E-state index is 13.7. The number of alkyl halides is 3. The predicted molar refractivity (Wildman–Crippen MR) is 118 cm³/mol. The number of rotatable bonds is 14. The van der Waals surface area contributed by atoms with Gasteiger partial charge in [0.05, 0.1) is 0 Å². The second-order valence-electron chi connectivity index (χ2n) is 8.43. The summed E-state index contributed by atoms with van der Waals surface area (Å²) in [5.41, 5.74) is 2.87. The van der Waals surface area contributed by atoms with E-state index in [1.165, 1.54) is 6.07 Å². The molecule has 5 nitrogen and oxygen atoms in total. The Bertz CT molecular complexity index is 756. The summed E-state index contributed by atoms with van der Waals surface area (Å²) in [5, 5.41) is 6.79. The molecule has 1 aliphatic rings. The number of hydrogen-bond donors (Lipinski definition) is 1. The fraction of sp³-hybridized carbons (Fsp3) is 0.682. The van der Waals surface area contributed by atoms with Gasteiger partial charge in [0.25, 0.3) is 0 Å². The van der Waals surface area contributed by atoms with Crippen LogP contribution in [0, 0.1) is 0 Å². The van der Waals surface area contributed by atoms with Crippen molar-refractivity contribution in [2.45, 2.75) is 84.4 Å². The van der Waals surface area contributed by atoms with Gasteiger partial charge >= 0.3 is 187 Å². The SMILES string of the molecule is CCC[CH2][Sn]([CH2]CCC)([CH2]CCC)[c]1cc(C2(C(F)(F)F)N=N2)ccc1OCC(N)=O. The Hall–Kier alpha value is -1.32. The minimum absolute atomic E-state index is 0.0481. The molecule has 0 aromatic heterocycles. The summed E-state index contributed by atoms with van der Waals surface area (Å²) in [6.07, 6.45) is 1.66. The van der Waals surface area contributed by atoms with E-state index in [1.54, 1.807) is 12.1 Å². The van der Waals surface area contributed by atoms with Crippen molar-refractivity contribution in [2.75, 3.05) is 6.61 Å². The van der Waals surface area contributed by atoms with Crippen molar-refractivity contribution in [1.29, 1.82) is 0 Å². The number of nitrogens with two attached hydrogens (primary N) is 1. The Morgan fingerprint density at radius 3 is 1.94 bits per heavy atom. The Morgan fingerprint density at radius 2 is 1.55 bits per heavy atom.